The summed E-state index contributed by atoms with van der Waals surface area (Å²) in [6, 6.07) is 13.9. The molecule has 0 aliphatic heterocycles. The molecule has 4 heteroatoms. The SMILES string of the molecule is CCCc1ccccc1OS(=O)(=O)c1ccc(C)cc1. The van der Waals surface area contributed by atoms with Crippen molar-refractivity contribution in [3.8, 4) is 5.75 Å². The van der Waals surface area contributed by atoms with Crippen LogP contribution in [0.2, 0.25) is 0 Å². The van der Waals surface area contributed by atoms with Crippen LogP contribution >= 0.6 is 0 Å². The van der Waals surface area contributed by atoms with Gasteiger partial charge in [-0.2, -0.15) is 8.42 Å². The zero-order valence-corrected chi connectivity index (χ0v) is 12.5. The van der Waals surface area contributed by atoms with Crippen molar-refractivity contribution in [3.63, 3.8) is 0 Å². The van der Waals surface area contributed by atoms with E-state index in [4.69, 9.17) is 4.18 Å². The molecule has 0 bridgehead atoms. The zero-order chi connectivity index (χ0) is 14.6. The average Bonchev–Trinajstić information content (AvgIpc) is 2.41. The quantitative estimate of drug-likeness (QED) is 0.788. The van der Waals surface area contributed by atoms with Gasteiger partial charge in [-0.3, -0.25) is 0 Å². The Morgan fingerprint density at radius 2 is 1.65 bits per heavy atom. The highest BCUT2D eigenvalue weighted by molar-refractivity contribution is 7.87. The molecule has 20 heavy (non-hydrogen) atoms. The summed E-state index contributed by atoms with van der Waals surface area (Å²) in [4.78, 5) is 0.175. The van der Waals surface area contributed by atoms with E-state index in [1.165, 1.54) is 0 Å². The van der Waals surface area contributed by atoms with Crippen molar-refractivity contribution in [2.75, 3.05) is 0 Å². The summed E-state index contributed by atoms with van der Waals surface area (Å²) in [6.45, 7) is 3.96. The summed E-state index contributed by atoms with van der Waals surface area (Å²) >= 11 is 0. The molecule has 0 fully saturated rings. The van der Waals surface area contributed by atoms with Gasteiger partial charge < -0.3 is 4.18 Å². The highest BCUT2D eigenvalue weighted by Crippen LogP contribution is 2.24. The van der Waals surface area contributed by atoms with Crippen molar-refractivity contribution < 1.29 is 12.6 Å². The van der Waals surface area contributed by atoms with E-state index in [1.807, 2.05) is 26.0 Å². The normalized spacial score (nSPS) is 11.3. The molecule has 3 nitrogen and oxygen atoms in total. The summed E-state index contributed by atoms with van der Waals surface area (Å²) in [5.41, 5.74) is 1.92. The van der Waals surface area contributed by atoms with Crippen LogP contribution in [-0.4, -0.2) is 8.42 Å². The van der Waals surface area contributed by atoms with E-state index in [1.54, 1.807) is 36.4 Å². The molecule has 0 heterocycles. The minimum absolute atomic E-state index is 0.175. The lowest BCUT2D eigenvalue weighted by atomic mass is 10.1. The average molecular weight is 290 g/mol. The minimum atomic E-state index is -3.77. The largest absolute Gasteiger partial charge is 0.379 e. The smallest absolute Gasteiger partial charge is 0.339 e. The highest BCUT2D eigenvalue weighted by Gasteiger charge is 2.17. The fourth-order valence-corrected chi connectivity index (χ4v) is 2.90. The Labute approximate surface area is 120 Å². The third kappa shape index (κ3) is 3.39. The fourth-order valence-electron chi connectivity index (χ4n) is 1.93. The Balaban J connectivity index is 2.31. The van der Waals surface area contributed by atoms with Crippen molar-refractivity contribution in [2.45, 2.75) is 31.6 Å². The molecule has 0 amide bonds. The topological polar surface area (TPSA) is 43.4 Å². The van der Waals surface area contributed by atoms with Crippen LogP contribution in [0.4, 0.5) is 0 Å². The van der Waals surface area contributed by atoms with E-state index >= 15 is 0 Å². The number of benzene rings is 2. The Morgan fingerprint density at radius 3 is 2.30 bits per heavy atom. The van der Waals surface area contributed by atoms with Crippen LogP contribution in [0.5, 0.6) is 5.75 Å². The number of aryl methyl sites for hydroxylation is 2. The second kappa shape index (κ2) is 6.09. The summed E-state index contributed by atoms with van der Waals surface area (Å²) in [5, 5.41) is 0. The Hall–Kier alpha value is -1.81. The molecule has 0 saturated carbocycles. The van der Waals surface area contributed by atoms with Crippen molar-refractivity contribution in [2.24, 2.45) is 0 Å². The standard InChI is InChI=1S/C16H18O3S/c1-3-6-14-7-4-5-8-16(14)19-20(17,18)15-11-9-13(2)10-12-15/h4-5,7-12H,3,6H2,1-2H3. The van der Waals surface area contributed by atoms with Crippen molar-refractivity contribution >= 4 is 10.1 Å². The second-order valence-electron chi connectivity index (χ2n) is 4.71. The van der Waals surface area contributed by atoms with E-state index in [0.29, 0.717) is 5.75 Å². The second-order valence-corrected chi connectivity index (χ2v) is 6.25. The first-order valence-electron chi connectivity index (χ1n) is 6.62. The predicted octanol–water partition coefficient (Wildman–Crippen LogP) is 3.72. The van der Waals surface area contributed by atoms with Crippen LogP contribution in [0.15, 0.2) is 53.4 Å². The van der Waals surface area contributed by atoms with Gasteiger partial charge in [-0.05, 0) is 37.1 Å². The first-order chi connectivity index (χ1) is 9.53. The summed E-state index contributed by atoms with van der Waals surface area (Å²) in [7, 11) is -3.77. The van der Waals surface area contributed by atoms with Gasteiger partial charge in [-0.1, -0.05) is 49.2 Å². The molecular weight excluding hydrogens is 272 g/mol. The fraction of sp³-hybridized carbons (Fsp3) is 0.250. The molecule has 2 rings (SSSR count). The van der Waals surface area contributed by atoms with Gasteiger partial charge in [-0.15, -0.1) is 0 Å². The van der Waals surface area contributed by atoms with Crippen molar-refractivity contribution in [1.82, 2.24) is 0 Å². The van der Waals surface area contributed by atoms with Crippen molar-refractivity contribution in [1.29, 1.82) is 0 Å². The molecule has 0 spiro atoms. The molecule has 2 aromatic carbocycles. The van der Waals surface area contributed by atoms with Crippen LogP contribution in [0, 0.1) is 6.92 Å². The molecule has 0 N–H and O–H groups in total. The van der Waals surface area contributed by atoms with Crippen LogP contribution < -0.4 is 4.18 Å². The van der Waals surface area contributed by atoms with Crippen molar-refractivity contribution in [3.05, 3.63) is 59.7 Å². The van der Waals surface area contributed by atoms with E-state index in [9.17, 15) is 8.42 Å². The molecule has 0 atom stereocenters. The van der Waals surface area contributed by atoms with Crippen LogP contribution in [0.3, 0.4) is 0 Å². The third-order valence-electron chi connectivity index (χ3n) is 3.00. The van der Waals surface area contributed by atoms with Gasteiger partial charge in [0.15, 0.2) is 0 Å². The summed E-state index contributed by atoms with van der Waals surface area (Å²) < 4.78 is 29.8. The summed E-state index contributed by atoms with van der Waals surface area (Å²) in [6.07, 6.45) is 1.73. The van der Waals surface area contributed by atoms with Gasteiger partial charge in [0.05, 0.1) is 0 Å². The summed E-state index contributed by atoms with van der Waals surface area (Å²) in [5.74, 6) is 0.412. The molecule has 2 aromatic rings. The van der Waals surface area contributed by atoms with Gasteiger partial charge in [0.2, 0.25) is 0 Å². The Morgan fingerprint density at radius 1 is 1.00 bits per heavy atom. The number of hydrogen-bond donors (Lipinski definition) is 0. The highest BCUT2D eigenvalue weighted by atomic mass is 32.2. The van der Waals surface area contributed by atoms with Gasteiger partial charge in [0.1, 0.15) is 10.6 Å². The number of hydrogen-bond acceptors (Lipinski definition) is 3. The van der Waals surface area contributed by atoms with Gasteiger partial charge in [-0.25, -0.2) is 0 Å². The molecule has 0 saturated heterocycles. The molecule has 0 aromatic heterocycles. The molecule has 0 aliphatic carbocycles. The lowest BCUT2D eigenvalue weighted by Gasteiger charge is -2.11. The number of rotatable bonds is 5. The Bertz CT molecular complexity index is 673. The number of para-hydroxylation sites is 1. The molecule has 0 unspecified atom stereocenters. The first-order valence-corrected chi connectivity index (χ1v) is 8.03. The monoisotopic (exact) mass is 290 g/mol. The van der Waals surface area contributed by atoms with Crippen LogP contribution in [0.25, 0.3) is 0 Å². The van der Waals surface area contributed by atoms with E-state index < -0.39 is 10.1 Å². The van der Waals surface area contributed by atoms with E-state index in [-0.39, 0.29) is 4.90 Å². The zero-order valence-electron chi connectivity index (χ0n) is 11.7. The molecular formula is C16H18O3S. The predicted molar refractivity (Wildman–Crippen MR) is 79.4 cm³/mol. The van der Waals surface area contributed by atoms with Crippen LogP contribution in [-0.2, 0) is 16.5 Å². The van der Waals surface area contributed by atoms with Crippen LogP contribution in [0.1, 0.15) is 24.5 Å². The molecule has 0 aliphatic rings. The lowest BCUT2D eigenvalue weighted by molar-refractivity contribution is 0.482. The minimum Gasteiger partial charge on any atom is -0.379 e. The maximum absolute atomic E-state index is 12.2. The van der Waals surface area contributed by atoms with Gasteiger partial charge >= 0.3 is 10.1 Å². The maximum Gasteiger partial charge on any atom is 0.339 e. The molecule has 0 radical (unpaired) electrons. The van der Waals surface area contributed by atoms with E-state index in [2.05, 4.69) is 0 Å². The third-order valence-corrected chi connectivity index (χ3v) is 4.25. The maximum atomic E-state index is 12.2. The van der Waals surface area contributed by atoms with Gasteiger partial charge in [0.25, 0.3) is 0 Å². The molecule has 106 valence electrons. The lowest BCUT2D eigenvalue weighted by Crippen LogP contribution is -2.11. The van der Waals surface area contributed by atoms with E-state index in [0.717, 1.165) is 24.0 Å². The first kappa shape index (κ1) is 14.6. The van der Waals surface area contributed by atoms with Gasteiger partial charge in [0, 0.05) is 0 Å². The Kier molecular flexibility index (Phi) is 4.45.